The Bertz CT molecular complexity index is 72.8. The van der Waals surface area contributed by atoms with Gasteiger partial charge in [0.25, 0.3) is 0 Å². The second-order valence-corrected chi connectivity index (χ2v) is 1.63. The van der Waals surface area contributed by atoms with E-state index in [0.717, 1.165) is 0 Å². The zero-order valence-electron chi connectivity index (χ0n) is 5.60. The molecule has 0 aliphatic rings. The first kappa shape index (κ1) is 11.3. The summed E-state index contributed by atoms with van der Waals surface area (Å²) in [5, 5.41) is 9.82. The molecule has 0 aromatic heterocycles. The van der Waals surface area contributed by atoms with Crippen LogP contribution in [0, 0.1) is 5.92 Å². The Morgan fingerprint density at radius 3 is 2.12 bits per heavy atom. The van der Waals surface area contributed by atoms with Crippen LogP contribution in [0.15, 0.2) is 0 Å². The molecular weight excluding hydrogens is 115 g/mol. The Labute approximate surface area is 71.6 Å². The molecule has 0 aromatic rings. The molecule has 0 aliphatic heterocycles. The van der Waals surface area contributed by atoms with Gasteiger partial charge in [-0.05, 0) is 12.3 Å². The number of carboxylic acid groups (broad SMARTS) is 1. The monoisotopic (exact) mass is 124 g/mol. The van der Waals surface area contributed by atoms with Crippen LogP contribution in [-0.2, 0) is 4.79 Å². The summed E-state index contributed by atoms with van der Waals surface area (Å²) in [6, 6.07) is 0. The molecule has 0 amide bonds. The van der Waals surface area contributed by atoms with E-state index in [2.05, 4.69) is 0 Å². The predicted molar refractivity (Wildman–Crippen MR) is 24.5 cm³/mol. The van der Waals surface area contributed by atoms with Gasteiger partial charge in [-0.3, -0.25) is 0 Å². The quantitative estimate of drug-likeness (QED) is 0.363. The third kappa shape index (κ3) is 4.62. The maximum Gasteiger partial charge on any atom is 1.00 e. The summed E-state index contributed by atoms with van der Waals surface area (Å²) in [6.07, 6.45) is 0.655. The molecule has 0 spiro atoms. The van der Waals surface area contributed by atoms with Crippen molar-refractivity contribution in [3.05, 3.63) is 0 Å². The third-order valence-corrected chi connectivity index (χ3v) is 1.01. The number of hydrogen-bond donors (Lipinski definition) is 0. The molecule has 0 aliphatic carbocycles. The van der Waals surface area contributed by atoms with Crippen LogP contribution in [0.1, 0.15) is 20.3 Å². The fraction of sp³-hybridized carbons (Fsp3) is 0.800. The normalized spacial score (nSPS) is 11.8. The number of rotatable bonds is 2. The van der Waals surface area contributed by atoms with E-state index in [4.69, 9.17) is 0 Å². The minimum Gasteiger partial charge on any atom is -0.550 e. The number of hydrogen-bond acceptors (Lipinski definition) is 2. The number of carbonyl (C=O) groups is 1. The van der Waals surface area contributed by atoms with E-state index < -0.39 is 5.97 Å². The van der Waals surface area contributed by atoms with E-state index in [-0.39, 0.29) is 35.5 Å². The molecule has 0 saturated carbocycles. The molecule has 0 N–H and O–H groups in total. The van der Waals surface area contributed by atoms with E-state index >= 15 is 0 Å². The molecule has 0 fully saturated rings. The van der Waals surface area contributed by atoms with Crippen LogP contribution in [0.2, 0.25) is 0 Å². The van der Waals surface area contributed by atoms with Crippen LogP contribution in [0.4, 0.5) is 0 Å². The zero-order valence-corrected chi connectivity index (χ0v) is 7.60. The molecule has 0 unspecified atom stereocenters. The molecular formula is C5H9NaO2. The van der Waals surface area contributed by atoms with Crippen LogP contribution in [-0.4, -0.2) is 5.97 Å². The van der Waals surface area contributed by atoms with Crippen LogP contribution in [0.25, 0.3) is 0 Å². The number of aliphatic carboxylic acids is 1. The fourth-order valence-corrected chi connectivity index (χ4v) is 0.167. The first-order valence-corrected chi connectivity index (χ1v) is 2.39. The Morgan fingerprint density at radius 1 is 1.75 bits per heavy atom. The molecule has 3 heteroatoms. The van der Waals surface area contributed by atoms with E-state index in [1.165, 1.54) is 0 Å². The molecule has 2 nitrogen and oxygen atoms in total. The van der Waals surface area contributed by atoms with Crippen molar-refractivity contribution in [1.29, 1.82) is 0 Å². The summed E-state index contributed by atoms with van der Waals surface area (Å²) >= 11 is 0. The topological polar surface area (TPSA) is 40.1 Å². The SMILES string of the molecule is CC[C@H](C)C(=O)[O-].[Na+]. The molecule has 8 heavy (non-hydrogen) atoms. The molecule has 0 rings (SSSR count). The Hall–Kier alpha value is 0.470. The molecule has 0 heterocycles. The van der Waals surface area contributed by atoms with Crippen molar-refractivity contribution >= 4 is 5.97 Å². The molecule has 0 aromatic carbocycles. The van der Waals surface area contributed by atoms with E-state index in [1.807, 2.05) is 6.92 Å². The Kier molecular flexibility index (Phi) is 7.91. The average molecular weight is 124 g/mol. The largest absolute Gasteiger partial charge is 1.00 e. The van der Waals surface area contributed by atoms with Gasteiger partial charge in [0.1, 0.15) is 0 Å². The first-order chi connectivity index (χ1) is 3.18. The van der Waals surface area contributed by atoms with Gasteiger partial charge in [-0.15, -0.1) is 0 Å². The third-order valence-electron chi connectivity index (χ3n) is 1.01. The van der Waals surface area contributed by atoms with Crippen LogP contribution in [0.5, 0.6) is 0 Å². The van der Waals surface area contributed by atoms with E-state index in [0.29, 0.717) is 6.42 Å². The van der Waals surface area contributed by atoms with Crippen molar-refractivity contribution < 1.29 is 39.5 Å². The standard InChI is InChI=1S/C5H10O2.Na/c1-3-4(2)5(6)7;/h4H,3H2,1-2H3,(H,6,7);/q;+1/p-1/t4-;/m0./s1. The summed E-state index contributed by atoms with van der Waals surface area (Å²) in [6.45, 7) is 3.45. The number of carboxylic acids is 1. The summed E-state index contributed by atoms with van der Waals surface area (Å²) < 4.78 is 0. The maximum atomic E-state index is 9.82. The van der Waals surface area contributed by atoms with Crippen LogP contribution in [0.3, 0.4) is 0 Å². The summed E-state index contributed by atoms with van der Waals surface area (Å²) in [7, 11) is 0. The minimum atomic E-state index is -0.956. The predicted octanol–water partition coefficient (Wildman–Crippen LogP) is -3.21. The molecule has 0 bridgehead atoms. The van der Waals surface area contributed by atoms with Gasteiger partial charge in [0.2, 0.25) is 0 Å². The van der Waals surface area contributed by atoms with Crippen molar-refractivity contribution in [2.45, 2.75) is 20.3 Å². The van der Waals surface area contributed by atoms with Gasteiger partial charge in [0.05, 0.1) is 0 Å². The van der Waals surface area contributed by atoms with Crippen molar-refractivity contribution in [3.63, 3.8) is 0 Å². The summed E-state index contributed by atoms with van der Waals surface area (Å²) in [5.74, 6) is -1.25. The van der Waals surface area contributed by atoms with Gasteiger partial charge in [-0.25, -0.2) is 0 Å². The smallest absolute Gasteiger partial charge is 0.550 e. The first-order valence-electron chi connectivity index (χ1n) is 2.39. The van der Waals surface area contributed by atoms with Crippen molar-refractivity contribution in [1.82, 2.24) is 0 Å². The molecule has 1 atom stereocenters. The van der Waals surface area contributed by atoms with Gasteiger partial charge in [0.15, 0.2) is 0 Å². The zero-order chi connectivity index (χ0) is 5.86. The van der Waals surface area contributed by atoms with Gasteiger partial charge in [-0.2, -0.15) is 0 Å². The minimum absolute atomic E-state index is 0. The fourth-order valence-electron chi connectivity index (χ4n) is 0.167. The van der Waals surface area contributed by atoms with Gasteiger partial charge < -0.3 is 9.90 Å². The number of carbonyl (C=O) groups excluding carboxylic acids is 1. The molecule has 0 saturated heterocycles. The second kappa shape index (κ2) is 5.60. The summed E-state index contributed by atoms with van der Waals surface area (Å²) in [5.41, 5.74) is 0. The summed E-state index contributed by atoms with van der Waals surface area (Å²) in [4.78, 5) is 9.82. The van der Waals surface area contributed by atoms with Crippen LogP contribution >= 0.6 is 0 Å². The van der Waals surface area contributed by atoms with Gasteiger partial charge in [-0.1, -0.05) is 13.8 Å². The van der Waals surface area contributed by atoms with Crippen molar-refractivity contribution in [2.75, 3.05) is 0 Å². The Morgan fingerprint density at radius 2 is 2.12 bits per heavy atom. The van der Waals surface area contributed by atoms with E-state index in [9.17, 15) is 9.90 Å². The second-order valence-electron chi connectivity index (χ2n) is 1.63. The Balaban J connectivity index is 0. The van der Waals surface area contributed by atoms with Crippen molar-refractivity contribution in [3.8, 4) is 0 Å². The van der Waals surface area contributed by atoms with E-state index in [1.54, 1.807) is 6.92 Å². The average Bonchev–Trinajstić information content (AvgIpc) is 1.65. The maximum absolute atomic E-state index is 9.82. The van der Waals surface area contributed by atoms with Gasteiger partial charge in [0, 0.05) is 5.97 Å². The van der Waals surface area contributed by atoms with Gasteiger partial charge >= 0.3 is 29.6 Å². The molecule has 42 valence electrons. The van der Waals surface area contributed by atoms with Crippen LogP contribution < -0.4 is 34.7 Å². The molecule has 0 radical (unpaired) electrons. The van der Waals surface area contributed by atoms with Crippen molar-refractivity contribution in [2.24, 2.45) is 5.92 Å².